The van der Waals surface area contributed by atoms with Crippen LogP contribution in [0.5, 0.6) is 0 Å². The van der Waals surface area contributed by atoms with E-state index in [9.17, 15) is 0 Å². The maximum absolute atomic E-state index is 5.55. The Bertz CT molecular complexity index is 347. The van der Waals surface area contributed by atoms with Crippen LogP contribution in [0.1, 0.15) is 37.8 Å². The third-order valence-corrected chi connectivity index (χ3v) is 2.77. The van der Waals surface area contributed by atoms with Gasteiger partial charge in [-0.05, 0) is 5.92 Å². The minimum absolute atomic E-state index is 0.135. The Labute approximate surface area is 101 Å². The summed E-state index contributed by atoms with van der Waals surface area (Å²) in [6, 6.07) is 0. The first-order valence-corrected chi connectivity index (χ1v) is 5.91. The number of nitrogens with zero attached hydrogens (tertiary/aromatic N) is 2. The molecule has 6 nitrogen and oxygen atoms in total. The van der Waals surface area contributed by atoms with E-state index < -0.39 is 0 Å². The van der Waals surface area contributed by atoms with Crippen molar-refractivity contribution in [2.24, 2.45) is 5.92 Å². The molecule has 1 saturated heterocycles. The molecule has 1 N–H and O–H groups in total. The highest BCUT2D eigenvalue weighted by Gasteiger charge is 2.26. The molecule has 2 rings (SSSR count). The van der Waals surface area contributed by atoms with Crippen LogP contribution in [-0.2, 0) is 9.47 Å². The van der Waals surface area contributed by atoms with Gasteiger partial charge in [0, 0.05) is 20.2 Å². The molecule has 1 aromatic heterocycles. The zero-order chi connectivity index (χ0) is 12.3. The molecule has 1 aromatic rings. The van der Waals surface area contributed by atoms with Crippen molar-refractivity contribution in [2.75, 3.05) is 26.8 Å². The predicted octanol–water partition coefficient (Wildman–Crippen LogP) is 1.07. The number of methoxy groups -OCH3 is 1. The predicted molar refractivity (Wildman–Crippen MR) is 60.4 cm³/mol. The van der Waals surface area contributed by atoms with Gasteiger partial charge in [0.15, 0.2) is 0 Å². The normalized spacial score (nSPS) is 22.9. The van der Waals surface area contributed by atoms with Gasteiger partial charge in [-0.15, -0.1) is 0 Å². The summed E-state index contributed by atoms with van der Waals surface area (Å²) in [4.78, 5) is 4.36. The largest absolute Gasteiger partial charge is 0.373 e. The molecule has 2 unspecified atom stereocenters. The Morgan fingerprint density at radius 3 is 2.88 bits per heavy atom. The van der Waals surface area contributed by atoms with Gasteiger partial charge in [-0.2, -0.15) is 4.98 Å². The van der Waals surface area contributed by atoms with Crippen LogP contribution in [0.2, 0.25) is 0 Å². The zero-order valence-corrected chi connectivity index (χ0v) is 10.5. The quantitative estimate of drug-likeness (QED) is 0.850. The molecule has 0 radical (unpaired) electrons. The van der Waals surface area contributed by atoms with Crippen molar-refractivity contribution in [3.63, 3.8) is 0 Å². The van der Waals surface area contributed by atoms with E-state index in [1.807, 2.05) is 0 Å². The molecule has 0 aliphatic carbocycles. The summed E-state index contributed by atoms with van der Waals surface area (Å²) >= 11 is 0. The molecule has 0 aromatic carbocycles. The van der Waals surface area contributed by atoms with E-state index >= 15 is 0 Å². The first-order chi connectivity index (χ1) is 8.22. The van der Waals surface area contributed by atoms with Crippen LogP contribution in [0.25, 0.3) is 0 Å². The van der Waals surface area contributed by atoms with E-state index in [-0.39, 0.29) is 12.2 Å². The minimum Gasteiger partial charge on any atom is -0.373 e. The number of hydrogen-bond acceptors (Lipinski definition) is 6. The van der Waals surface area contributed by atoms with Crippen molar-refractivity contribution in [1.82, 2.24) is 15.5 Å². The van der Waals surface area contributed by atoms with Gasteiger partial charge in [-0.3, -0.25) is 0 Å². The van der Waals surface area contributed by atoms with Gasteiger partial charge in [0.1, 0.15) is 12.2 Å². The van der Waals surface area contributed by atoms with Gasteiger partial charge in [-0.25, -0.2) is 0 Å². The van der Waals surface area contributed by atoms with E-state index in [4.69, 9.17) is 14.0 Å². The molecule has 2 heterocycles. The topological polar surface area (TPSA) is 69.4 Å². The monoisotopic (exact) mass is 241 g/mol. The fraction of sp³-hybridized carbons (Fsp3) is 0.818. The van der Waals surface area contributed by atoms with Crippen molar-refractivity contribution >= 4 is 0 Å². The highest BCUT2D eigenvalue weighted by atomic mass is 16.5. The Hall–Kier alpha value is -0.980. The lowest BCUT2D eigenvalue weighted by Crippen LogP contribution is -2.33. The number of nitrogens with one attached hydrogen (secondary N) is 1. The fourth-order valence-electron chi connectivity index (χ4n) is 1.89. The summed E-state index contributed by atoms with van der Waals surface area (Å²) in [5, 5.41) is 7.19. The molecule has 0 saturated carbocycles. The number of aromatic nitrogens is 2. The van der Waals surface area contributed by atoms with Crippen LogP contribution >= 0.6 is 0 Å². The van der Waals surface area contributed by atoms with Crippen molar-refractivity contribution in [3.8, 4) is 0 Å². The molecular weight excluding hydrogens is 222 g/mol. The molecule has 0 amide bonds. The van der Waals surface area contributed by atoms with Gasteiger partial charge < -0.3 is 19.3 Å². The average Bonchev–Trinajstić information content (AvgIpc) is 2.80. The van der Waals surface area contributed by atoms with Crippen molar-refractivity contribution in [2.45, 2.75) is 26.1 Å². The maximum atomic E-state index is 5.55. The molecule has 1 aliphatic heterocycles. The van der Waals surface area contributed by atoms with Crippen LogP contribution in [0.3, 0.4) is 0 Å². The standard InChI is InChI=1S/C11H19N3O3/c1-7(2)9(15-3)10-13-11(17-14-10)8-6-12-4-5-16-8/h7-9,12H,4-6H2,1-3H3. The average molecular weight is 241 g/mol. The van der Waals surface area contributed by atoms with E-state index in [2.05, 4.69) is 29.3 Å². The fourth-order valence-corrected chi connectivity index (χ4v) is 1.89. The van der Waals surface area contributed by atoms with Crippen LogP contribution < -0.4 is 5.32 Å². The smallest absolute Gasteiger partial charge is 0.257 e. The van der Waals surface area contributed by atoms with E-state index in [0.29, 0.717) is 30.8 Å². The lowest BCUT2D eigenvalue weighted by Gasteiger charge is -2.20. The Kier molecular flexibility index (Phi) is 4.09. The van der Waals surface area contributed by atoms with E-state index in [1.165, 1.54) is 0 Å². The van der Waals surface area contributed by atoms with Crippen LogP contribution in [0.4, 0.5) is 0 Å². The minimum atomic E-state index is -0.144. The number of ether oxygens (including phenoxy) is 2. The third kappa shape index (κ3) is 2.83. The van der Waals surface area contributed by atoms with Crippen LogP contribution in [-0.4, -0.2) is 36.9 Å². The Morgan fingerprint density at radius 2 is 2.29 bits per heavy atom. The Balaban J connectivity index is 2.08. The van der Waals surface area contributed by atoms with Gasteiger partial charge in [0.05, 0.1) is 6.61 Å². The van der Waals surface area contributed by atoms with Gasteiger partial charge in [0.25, 0.3) is 5.89 Å². The van der Waals surface area contributed by atoms with Gasteiger partial charge in [-0.1, -0.05) is 19.0 Å². The molecule has 2 atom stereocenters. The number of hydrogen-bond donors (Lipinski definition) is 1. The van der Waals surface area contributed by atoms with Crippen molar-refractivity contribution in [1.29, 1.82) is 0 Å². The summed E-state index contributed by atoms with van der Waals surface area (Å²) in [5.41, 5.74) is 0. The zero-order valence-electron chi connectivity index (χ0n) is 10.5. The Morgan fingerprint density at radius 1 is 1.47 bits per heavy atom. The first kappa shape index (κ1) is 12.5. The summed E-state index contributed by atoms with van der Waals surface area (Å²) in [6.07, 6.45) is -0.279. The number of morpholine rings is 1. The molecular formula is C11H19N3O3. The molecule has 0 spiro atoms. The lowest BCUT2D eigenvalue weighted by atomic mass is 10.1. The summed E-state index contributed by atoms with van der Waals surface area (Å²) in [7, 11) is 1.65. The molecule has 0 bridgehead atoms. The molecule has 1 fully saturated rings. The van der Waals surface area contributed by atoms with Crippen LogP contribution in [0, 0.1) is 5.92 Å². The first-order valence-electron chi connectivity index (χ1n) is 5.91. The molecule has 6 heteroatoms. The summed E-state index contributed by atoms with van der Waals surface area (Å²) in [6.45, 7) is 6.36. The molecule has 96 valence electrons. The summed E-state index contributed by atoms with van der Waals surface area (Å²) < 4.78 is 16.1. The summed E-state index contributed by atoms with van der Waals surface area (Å²) in [5.74, 6) is 1.41. The molecule has 17 heavy (non-hydrogen) atoms. The highest BCUT2D eigenvalue weighted by Crippen LogP contribution is 2.24. The van der Waals surface area contributed by atoms with Gasteiger partial charge >= 0.3 is 0 Å². The SMILES string of the molecule is COC(c1noc(C2CNCCO2)n1)C(C)C. The number of rotatable bonds is 4. The van der Waals surface area contributed by atoms with E-state index in [1.54, 1.807) is 7.11 Å². The maximum Gasteiger partial charge on any atom is 0.257 e. The highest BCUT2D eigenvalue weighted by molar-refractivity contribution is 4.96. The third-order valence-electron chi connectivity index (χ3n) is 2.77. The van der Waals surface area contributed by atoms with Gasteiger partial charge in [0.2, 0.25) is 5.82 Å². The van der Waals surface area contributed by atoms with E-state index in [0.717, 1.165) is 6.54 Å². The second-order valence-corrected chi connectivity index (χ2v) is 4.45. The second-order valence-electron chi connectivity index (χ2n) is 4.45. The van der Waals surface area contributed by atoms with Crippen molar-refractivity contribution < 1.29 is 14.0 Å². The lowest BCUT2D eigenvalue weighted by molar-refractivity contribution is 0.00754. The van der Waals surface area contributed by atoms with Crippen molar-refractivity contribution in [3.05, 3.63) is 11.7 Å². The van der Waals surface area contributed by atoms with Crippen LogP contribution in [0.15, 0.2) is 4.52 Å². The molecule has 1 aliphatic rings. The second kappa shape index (κ2) is 5.57.